The predicted molar refractivity (Wildman–Crippen MR) is 36.2 cm³/mol. The summed E-state index contributed by atoms with van der Waals surface area (Å²) in [4.78, 5) is 0. The van der Waals surface area contributed by atoms with Gasteiger partial charge in [0.25, 0.3) is 0 Å². The van der Waals surface area contributed by atoms with E-state index in [0.29, 0.717) is 0 Å². The fourth-order valence-electron chi connectivity index (χ4n) is 0.921. The first-order valence-corrected chi connectivity index (χ1v) is 2.67. The molecule has 0 saturated heterocycles. The van der Waals surface area contributed by atoms with E-state index >= 15 is 0 Å². The molecule has 2 nitrogen and oxygen atoms in total. The van der Waals surface area contributed by atoms with Crippen molar-refractivity contribution in [3.8, 4) is 0 Å². The molecule has 1 rings (SSSR count). The van der Waals surface area contributed by atoms with Gasteiger partial charge in [-0.05, 0) is 19.3 Å². The minimum atomic E-state index is -0.431. The van der Waals surface area contributed by atoms with Crippen LogP contribution in [0.1, 0.15) is 19.3 Å². The normalized spacial score (nSPS) is 36.8. The molecule has 3 heteroatoms. The largest absolute Gasteiger partial charge is 0.390 e. The second-order valence-electron chi connectivity index (χ2n) is 2.07. The van der Waals surface area contributed by atoms with Crippen molar-refractivity contribution in [1.82, 2.24) is 0 Å². The molecule has 1 saturated carbocycles. The lowest BCUT2D eigenvalue weighted by Gasteiger charge is -2.03. The smallest absolute Gasteiger partial charge is 0.0799 e. The summed E-state index contributed by atoms with van der Waals surface area (Å²) >= 11 is 0. The Morgan fingerprint density at radius 1 is 1.00 bits per heavy atom. The molecule has 2 unspecified atom stereocenters. The number of aliphatic hydroxyl groups excluding tert-OH is 2. The maximum absolute atomic E-state index is 8.75. The summed E-state index contributed by atoms with van der Waals surface area (Å²) < 4.78 is 0. The van der Waals surface area contributed by atoms with E-state index in [1.807, 2.05) is 0 Å². The zero-order chi connectivity index (χ0) is 5.28. The molecule has 0 aromatic rings. The zero-order valence-corrected chi connectivity index (χ0v) is 6.29. The molecule has 2 atom stereocenters. The van der Waals surface area contributed by atoms with Gasteiger partial charge in [0, 0.05) is 0 Å². The molecule has 1 aliphatic carbocycles. The van der Waals surface area contributed by atoms with Gasteiger partial charge in [-0.15, -0.1) is 17.0 Å². The minimum absolute atomic E-state index is 0. The van der Waals surface area contributed by atoms with Crippen molar-refractivity contribution in [2.45, 2.75) is 31.5 Å². The van der Waals surface area contributed by atoms with E-state index in [-0.39, 0.29) is 17.0 Å². The van der Waals surface area contributed by atoms with E-state index in [2.05, 4.69) is 0 Å². The molecule has 1 fully saturated rings. The van der Waals surface area contributed by atoms with Crippen molar-refractivity contribution in [1.29, 1.82) is 0 Å². The fraction of sp³-hybridized carbons (Fsp3) is 1.00. The van der Waals surface area contributed by atoms with Gasteiger partial charge in [0.2, 0.25) is 0 Å². The maximum atomic E-state index is 8.75. The summed E-state index contributed by atoms with van der Waals surface area (Å²) in [5, 5.41) is 17.5. The number of hydrogen-bond acceptors (Lipinski definition) is 2. The molecular formula is C5H11BrO2. The standard InChI is InChI=1S/C5H10O2.BrH/c6-4-2-1-3-5(4)7;/h4-7H,1-3H2;1H. The Balaban J connectivity index is 0.000000490. The Labute approximate surface area is 59.3 Å². The third-order valence-electron chi connectivity index (χ3n) is 1.44. The van der Waals surface area contributed by atoms with E-state index in [9.17, 15) is 0 Å². The van der Waals surface area contributed by atoms with Crippen LogP contribution < -0.4 is 0 Å². The Hall–Kier alpha value is 0.400. The first-order valence-electron chi connectivity index (χ1n) is 2.67. The van der Waals surface area contributed by atoms with Gasteiger partial charge in [0.1, 0.15) is 0 Å². The van der Waals surface area contributed by atoms with Crippen molar-refractivity contribution in [3.63, 3.8) is 0 Å². The van der Waals surface area contributed by atoms with Gasteiger partial charge in [0.15, 0.2) is 0 Å². The quantitative estimate of drug-likeness (QED) is 0.573. The lowest BCUT2D eigenvalue weighted by atomic mass is 10.3. The second-order valence-corrected chi connectivity index (χ2v) is 2.07. The first-order chi connectivity index (χ1) is 3.30. The fourth-order valence-corrected chi connectivity index (χ4v) is 0.921. The van der Waals surface area contributed by atoms with Gasteiger partial charge in [0.05, 0.1) is 12.2 Å². The third kappa shape index (κ3) is 1.73. The molecule has 0 aliphatic heterocycles. The van der Waals surface area contributed by atoms with Crippen LogP contribution in [0.25, 0.3) is 0 Å². The summed E-state index contributed by atoms with van der Waals surface area (Å²) in [6, 6.07) is 0. The molecule has 0 spiro atoms. The number of aliphatic hydroxyl groups is 2. The molecule has 2 N–H and O–H groups in total. The Kier molecular flexibility index (Phi) is 3.60. The summed E-state index contributed by atoms with van der Waals surface area (Å²) in [6.45, 7) is 0. The zero-order valence-electron chi connectivity index (χ0n) is 4.58. The van der Waals surface area contributed by atoms with Crippen LogP contribution in [-0.4, -0.2) is 22.4 Å². The SMILES string of the molecule is Br.OC1CCCC1O. The highest BCUT2D eigenvalue weighted by molar-refractivity contribution is 8.93. The molecule has 0 bridgehead atoms. The van der Waals surface area contributed by atoms with Crippen molar-refractivity contribution >= 4 is 17.0 Å². The average Bonchev–Trinajstić information content (AvgIpc) is 1.91. The summed E-state index contributed by atoms with van der Waals surface area (Å²) in [7, 11) is 0. The van der Waals surface area contributed by atoms with Gasteiger partial charge in [-0.3, -0.25) is 0 Å². The lowest BCUT2D eigenvalue weighted by Crippen LogP contribution is -2.17. The first kappa shape index (κ1) is 8.40. The van der Waals surface area contributed by atoms with E-state index in [1.54, 1.807) is 0 Å². The van der Waals surface area contributed by atoms with E-state index in [0.717, 1.165) is 19.3 Å². The molecular weight excluding hydrogens is 172 g/mol. The molecule has 0 amide bonds. The third-order valence-corrected chi connectivity index (χ3v) is 1.44. The highest BCUT2D eigenvalue weighted by atomic mass is 79.9. The van der Waals surface area contributed by atoms with E-state index < -0.39 is 12.2 Å². The van der Waals surface area contributed by atoms with Gasteiger partial charge < -0.3 is 10.2 Å². The predicted octanol–water partition coefficient (Wildman–Crippen LogP) is 0.470. The minimum Gasteiger partial charge on any atom is -0.390 e. The second kappa shape index (κ2) is 3.43. The van der Waals surface area contributed by atoms with E-state index in [1.165, 1.54) is 0 Å². The summed E-state index contributed by atoms with van der Waals surface area (Å²) in [5.41, 5.74) is 0. The van der Waals surface area contributed by atoms with E-state index in [4.69, 9.17) is 10.2 Å². The number of rotatable bonds is 0. The molecule has 0 aromatic carbocycles. The van der Waals surface area contributed by atoms with Crippen LogP contribution in [-0.2, 0) is 0 Å². The van der Waals surface area contributed by atoms with Crippen LogP contribution in [0.4, 0.5) is 0 Å². The van der Waals surface area contributed by atoms with Gasteiger partial charge >= 0.3 is 0 Å². The van der Waals surface area contributed by atoms with Crippen molar-refractivity contribution in [2.75, 3.05) is 0 Å². The van der Waals surface area contributed by atoms with Gasteiger partial charge in [-0.25, -0.2) is 0 Å². The van der Waals surface area contributed by atoms with Gasteiger partial charge in [-0.1, -0.05) is 0 Å². The van der Waals surface area contributed by atoms with Crippen LogP contribution >= 0.6 is 17.0 Å². The highest BCUT2D eigenvalue weighted by Crippen LogP contribution is 2.17. The average molecular weight is 183 g/mol. The van der Waals surface area contributed by atoms with Crippen LogP contribution in [0.2, 0.25) is 0 Å². The molecule has 1 aliphatic rings. The van der Waals surface area contributed by atoms with Crippen molar-refractivity contribution < 1.29 is 10.2 Å². The van der Waals surface area contributed by atoms with Crippen molar-refractivity contribution in [3.05, 3.63) is 0 Å². The van der Waals surface area contributed by atoms with Crippen molar-refractivity contribution in [2.24, 2.45) is 0 Å². The Morgan fingerprint density at radius 3 is 1.50 bits per heavy atom. The van der Waals surface area contributed by atoms with Crippen LogP contribution in [0.15, 0.2) is 0 Å². The monoisotopic (exact) mass is 182 g/mol. The summed E-state index contributed by atoms with van der Waals surface area (Å²) in [6.07, 6.45) is 1.67. The Morgan fingerprint density at radius 2 is 1.38 bits per heavy atom. The van der Waals surface area contributed by atoms with Crippen LogP contribution in [0.3, 0.4) is 0 Å². The Bertz CT molecular complexity index is 59.4. The van der Waals surface area contributed by atoms with Gasteiger partial charge in [-0.2, -0.15) is 0 Å². The topological polar surface area (TPSA) is 40.5 Å². The summed E-state index contributed by atoms with van der Waals surface area (Å²) in [5.74, 6) is 0. The number of hydrogen-bond donors (Lipinski definition) is 2. The van der Waals surface area contributed by atoms with Crippen LogP contribution in [0, 0.1) is 0 Å². The lowest BCUT2D eigenvalue weighted by molar-refractivity contribution is 0.0438. The molecule has 0 aromatic heterocycles. The maximum Gasteiger partial charge on any atom is 0.0799 e. The molecule has 0 radical (unpaired) electrons. The molecule has 8 heavy (non-hydrogen) atoms. The highest BCUT2D eigenvalue weighted by Gasteiger charge is 2.21. The molecule has 0 heterocycles. The van der Waals surface area contributed by atoms with Crippen LogP contribution in [0.5, 0.6) is 0 Å². The molecule has 50 valence electrons. The number of halogens is 1.